The number of aliphatic carboxylic acids is 1. The lowest BCUT2D eigenvalue weighted by Crippen LogP contribution is -2.13. The third kappa shape index (κ3) is 12.9. The molecular formula is C16H30O2S2. The Morgan fingerprint density at radius 3 is 1.90 bits per heavy atom. The maximum atomic E-state index is 10.7. The van der Waals surface area contributed by atoms with Gasteiger partial charge in [-0.2, -0.15) is 0 Å². The Kier molecular flexibility index (Phi) is 13.8. The molecule has 1 unspecified atom stereocenters. The first kappa shape index (κ1) is 19.9. The highest BCUT2D eigenvalue weighted by atomic mass is 32.2. The van der Waals surface area contributed by atoms with Crippen LogP contribution in [0.4, 0.5) is 0 Å². The van der Waals surface area contributed by atoms with Crippen LogP contribution in [0.5, 0.6) is 0 Å². The lowest BCUT2D eigenvalue weighted by Gasteiger charge is -2.07. The first-order valence-electron chi connectivity index (χ1n) is 8.00. The van der Waals surface area contributed by atoms with Gasteiger partial charge < -0.3 is 5.11 Å². The van der Waals surface area contributed by atoms with Crippen molar-refractivity contribution in [3.8, 4) is 0 Å². The van der Waals surface area contributed by atoms with Gasteiger partial charge in [0.05, 0.1) is 0 Å². The van der Waals surface area contributed by atoms with Crippen LogP contribution in [-0.4, -0.2) is 20.5 Å². The Morgan fingerprint density at radius 2 is 1.45 bits per heavy atom. The Morgan fingerprint density at radius 1 is 1.00 bits per heavy atom. The van der Waals surface area contributed by atoms with Crippen molar-refractivity contribution < 1.29 is 9.90 Å². The molecule has 0 heterocycles. The lowest BCUT2D eigenvalue weighted by molar-refractivity contribution is -0.136. The molecule has 2 nitrogen and oxygen atoms in total. The lowest BCUT2D eigenvalue weighted by atomic mass is 10.1. The molecule has 4 heteroatoms. The smallest absolute Gasteiger partial charge is 0.316 e. The molecule has 118 valence electrons. The van der Waals surface area contributed by atoms with Crippen LogP contribution in [0.1, 0.15) is 84.5 Å². The van der Waals surface area contributed by atoms with Crippen LogP contribution in [-0.2, 0) is 4.79 Å². The fourth-order valence-electron chi connectivity index (χ4n) is 2.06. The van der Waals surface area contributed by atoms with Crippen LogP contribution in [0.2, 0.25) is 0 Å². The van der Waals surface area contributed by atoms with Crippen LogP contribution >= 0.6 is 24.0 Å². The molecule has 0 aliphatic heterocycles. The Hall–Kier alpha value is -0.0900. The van der Waals surface area contributed by atoms with Crippen LogP contribution in [0.3, 0.4) is 0 Å². The summed E-state index contributed by atoms with van der Waals surface area (Å²) in [4.78, 5) is 10.7. The molecule has 0 aromatic heterocycles. The van der Waals surface area contributed by atoms with Crippen molar-refractivity contribution >= 4 is 34.1 Å². The molecule has 0 saturated carbocycles. The van der Waals surface area contributed by atoms with Gasteiger partial charge in [0.1, 0.15) is 5.25 Å². The predicted molar refractivity (Wildman–Crippen MR) is 93.7 cm³/mol. The molecule has 0 rings (SSSR count). The van der Waals surface area contributed by atoms with Gasteiger partial charge in [0.25, 0.3) is 0 Å². The SMILES string of the molecule is CCCCCCCCCCCCC(=S)SC(C)C(=O)O. The second-order valence-electron chi connectivity index (χ2n) is 5.40. The molecule has 0 bridgehead atoms. The number of carboxylic acid groups (broad SMARTS) is 1. The maximum Gasteiger partial charge on any atom is 0.316 e. The second kappa shape index (κ2) is 13.9. The molecule has 20 heavy (non-hydrogen) atoms. The largest absolute Gasteiger partial charge is 0.480 e. The highest BCUT2D eigenvalue weighted by molar-refractivity contribution is 8.23. The minimum atomic E-state index is -0.777. The number of carboxylic acids is 1. The Labute approximate surface area is 134 Å². The molecule has 0 fully saturated rings. The van der Waals surface area contributed by atoms with E-state index < -0.39 is 11.2 Å². The first-order chi connectivity index (χ1) is 9.57. The van der Waals surface area contributed by atoms with E-state index in [1.807, 2.05) is 0 Å². The van der Waals surface area contributed by atoms with Gasteiger partial charge in [-0.15, -0.1) is 11.8 Å². The van der Waals surface area contributed by atoms with E-state index in [9.17, 15) is 4.79 Å². The van der Waals surface area contributed by atoms with Crippen molar-refractivity contribution in [2.24, 2.45) is 0 Å². The predicted octanol–water partition coefficient (Wildman–Crippen LogP) is 5.83. The number of hydrogen-bond acceptors (Lipinski definition) is 3. The minimum Gasteiger partial charge on any atom is -0.480 e. The molecule has 0 amide bonds. The molecule has 0 aromatic carbocycles. The zero-order chi connectivity index (χ0) is 15.2. The van der Waals surface area contributed by atoms with E-state index in [2.05, 4.69) is 6.92 Å². The van der Waals surface area contributed by atoms with Crippen LogP contribution in [0.25, 0.3) is 0 Å². The number of thioether (sulfide) groups is 1. The minimum absolute atomic E-state index is 0.411. The van der Waals surface area contributed by atoms with Crippen LogP contribution in [0.15, 0.2) is 0 Å². The summed E-state index contributed by atoms with van der Waals surface area (Å²) < 4.78 is 0.847. The zero-order valence-corrected chi connectivity index (χ0v) is 14.7. The van der Waals surface area contributed by atoms with E-state index in [4.69, 9.17) is 17.3 Å². The Balaban J connectivity index is 3.27. The van der Waals surface area contributed by atoms with Gasteiger partial charge in [-0.05, 0) is 19.8 Å². The van der Waals surface area contributed by atoms with Gasteiger partial charge in [-0.1, -0.05) is 76.9 Å². The number of rotatable bonds is 13. The summed E-state index contributed by atoms with van der Waals surface area (Å²) in [6, 6.07) is 0. The summed E-state index contributed by atoms with van der Waals surface area (Å²) in [7, 11) is 0. The molecule has 0 radical (unpaired) electrons. The highest BCUT2D eigenvalue weighted by Gasteiger charge is 2.13. The quantitative estimate of drug-likeness (QED) is 0.342. The van der Waals surface area contributed by atoms with Gasteiger partial charge in [0, 0.05) is 4.20 Å². The summed E-state index contributed by atoms with van der Waals surface area (Å²) in [6.07, 6.45) is 14.0. The van der Waals surface area contributed by atoms with E-state index in [0.29, 0.717) is 0 Å². The molecule has 0 aliphatic rings. The Bertz CT molecular complexity index is 267. The van der Waals surface area contributed by atoms with Gasteiger partial charge >= 0.3 is 5.97 Å². The zero-order valence-electron chi connectivity index (χ0n) is 13.0. The van der Waals surface area contributed by atoms with Crippen LogP contribution < -0.4 is 0 Å². The summed E-state index contributed by atoms with van der Waals surface area (Å²) in [6.45, 7) is 3.94. The topological polar surface area (TPSA) is 37.3 Å². The molecule has 0 aromatic rings. The molecular weight excluding hydrogens is 288 g/mol. The van der Waals surface area contributed by atoms with Gasteiger partial charge in [0.15, 0.2) is 0 Å². The van der Waals surface area contributed by atoms with Crippen molar-refractivity contribution in [1.82, 2.24) is 0 Å². The van der Waals surface area contributed by atoms with E-state index in [1.165, 1.54) is 69.5 Å². The normalized spacial score (nSPS) is 12.3. The first-order valence-corrected chi connectivity index (χ1v) is 9.29. The number of carbonyl (C=O) groups is 1. The van der Waals surface area contributed by atoms with E-state index in [1.54, 1.807) is 6.92 Å². The summed E-state index contributed by atoms with van der Waals surface area (Å²) in [5, 5.41) is 8.38. The average molecular weight is 319 g/mol. The van der Waals surface area contributed by atoms with Gasteiger partial charge in [-0.3, -0.25) is 4.79 Å². The van der Waals surface area contributed by atoms with Crippen molar-refractivity contribution in [3.05, 3.63) is 0 Å². The maximum absolute atomic E-state index is 10.7. The van der Waals surface area contributed by atoms with E-state index in [0.717, 1.165) is 17.0 Å². The molecule has 0 aliphatic carbocycles. The van der Waals surface area contributed by atoms with Crippen molar-refractivity contribution in [1.29, 1.82) is 0 Å². The molecule has 1 N–H and O–H groups in total. The van der Waals surface area contributed by atoms with E-state index in [-0.39, 0.29) is 0 Å². The third-order valence-corrected chi connectivity index (χ3v) is 4.91. The average Bonchev–Trinajstić information content (AvgIpc) is 2.40. The molecule has 0 saturated heterocycles. The van der Waals surface area contributed by atoms with Crippen molar-refractivity contribution in [3.63, 3.8) is 0 Å². The van der Waals surface area contributed by atoms with Gasteiger partial charge in [0.2, 0.25) is 0 Å². The third-order valence-electron chi connectivity index (χ3n) is 3.39. The highest BCUT2D eigenvalue weighted by Crippen LogP contribution is 2.18. The van der Waals surface area contributed by atoms with Crippen molar-refractivity contribution in [2.45, 2.75) is 89.7 Å². The van der Waals surface area contributed by atoms with Crippen LogP contribution in [0, 0.1) is 0 Å². The standard InChI is InChI=1S/C16H30O2S2/c1-3-4-5-6-7-8-9-10-11-12-13-15(19)20-14(2)16(17)18/h14H,3-13H2,1-2H3,(H,17,18). The number of hydrogen-bond donors (Lipinski definition) is 1. The summed E-state index contributed by atoms with van der Waals surface area (Å²) in [5.74, 6) is -0.777. The van der Waals surface area contributed by atoms with Crippen molar-refractivity contribution in [2.75, 3.05) is 0 Å². The number of unbranched alkanes of at least 4 members (excludes halogenated alkanes) is 9. The number of thiocarbonyl (C=S) groups is 1. The summed E-state index contributed by atoms with van der Waals surface area (Å²) >= 11 is 6.53. The van der Waals surface area contributed by atoms with E-state index >= 15 is 0 Å². The fourth-order valence-corrected chi connectivity index (χ4v) is 3.40. The summed E-state index contributed by atoms with van der Waals surface area (Å²) in [5.41, 5.74) is 0. The fraction of sp³-hybridized carbons (Fsp3) is 0.875. The molecule has 1 atom stereocenters. The van der Waals surface area contributed by atoms with Gasteiger partial charge in [-0.25, -0.2) is 0 Å². The monoisotopic (exact) mass is 318 g/mol. The second-order valence-corrected chi connectivity index (χ2v) is 7.59. The molecule has 0 spiro atoms.